The summed E-state index contributed by atoms with van der Waals surface area (Å²) in [6, 6.07) is 67.2. The van der Waals surface area contributed by atoms with Crippen molar-refractivity contribution in [3.8, 4) is 79.0 Å². The summed E-state index contributed by atoms with van der Waals surface area (Å²) < 4.78 is 21.7. The molecule has 9 aromatic rings. The molecule has 4 nitrogen and oxygen atoms in total. The number of fused-ring (bicyclic) bond motifs is 6. The zero-order valence-corrected chi connectivity index (χ0v) is 32.2. The SMILES string of the molecule is c1ccc(-c2cc3c(c(-c4ccccc4)c2)Oc2cc4c5c6c2B3c2cccc3c2N6c2c(cccc2B5c2cc(-c5ccccc5)cc(-c5ccccc5)c2O4)O3)cc1. The van der Waals surface area contributed by atoms with Crippen molar-refractivity contribution in [1.82, 2.24) is 0 Å². The van der Waals surface area contributed by atoms with Crippen LogP contribution in [0.3, 0.4) is 0 Å². The molecule has 0 fully saturated rings. The van der Waals surface area contributed by atoms with Gasteiger partial charge in [0.15, 0.2) is 11.5 Å². The van der Waals surface area contributed by atoms with Gasteiger partial charge in [-0.1, -0.05) is 158 Å². The van der Waals surface area contributed by atoms with Crippen molar-refractivity contribution < 1.29 is 14.2 Å². The lowest BCUT2D eigenvalue weighted by Gasteiger charge is -2.49. The van der Waals surface area contributed by atoms with Crippen LogP contribution in [0.25, 0.3) is 44.5 Å². The monoisotopic (exact) mass is 763 g/mol. The lowest BCUT2D eigenvalue weighted by atomic mass is 9.29. The van der Waals surface area contributed by atoms with Gasteiger partial charge in [0, 0.05) is 22.9 Å². The van der Waals surface area contributed by atoms with Crippen molar-refractivity contribution in [3.63, 3.8) is 0 Å². The van der Waals surface area contributed by atoms with E-state index in [9.17, 15) is 0 Å². The first-order valence-corrected chi connectivity index (χ1v) is 20.6. The van der Waals surface area contributed by atoms with Gasteiger partial charge in [0.2, 0.25) is 0 Å². The van der Waals surface area contributed by atoms with Crippen LogP contribution < -0.4 is 51.9 Å². The summed E-state index contributed by atoms with van der Waals surface area (Å²) in [5.74, 6) is 5.08. The lowest BCUT2D eigenvalue weighted by molar-refractivity contribution is 0.465. The van der Waals surface area contributed by atoms with Crippen LogP contribution in [0, 0.1) is 0 Å². The standard InChI is InChI=1S/C54H31B2NO3/c1-5-15-32(16-6-1)36-27-38(34-19-9-3-10-20-34)53-42(29-36)55-40-23-13-25-44-50(40)57-51-41(24-14-26-45(51)58-44)56-43-30-37(33-17-7-2-8-18-33)28-39(35-21-11-4-12-22-35)54(43)60-47-31-46(59-53)48(55)52(57)49(47)56/h1-31H. The number of para-hydroxylation sites is 2. The molecule has 0 aromatic heterocycles. The topological polar surface area (TPSA) is 30.9 Å². The Morgan fingerprint density at radius 3 is 1.15 bits per heavy atom. The maximum absolute atomic E-state index is 7.36. The van der Waals surface area contributed by atoms with E-state index in [1.807, 2.05) is 0 Å². The van der Waals surface area contributed by atoms with Gasteiger partial charge in [0.25, 0.3) is 13.4 Å². The average molecular weight is 763 g/mol. The maximum Gasteiger partial charge on any atom is 0.256 e. The molecule has 9 aromatic carbocycles. The highest BCUT2D eigenvalue weighted by molar-refractivity contribution is 7.04. The molecule has 0 spiro atoms. The van der Waals surface area contributed by atoms with Crippen LogP contribution in [-0.4, -0.2) is 13.4 Å². The molecular formula is C54H31B2NO3. The maximum atomic E-state index is 7.36. The van der Waals surface area contributed by atoms with Crippen molar-refractivity contribution in [2.75, 3.05) is 4.90 Å². The van der Waals surface area contributed by atoms with Crippen LogP contribution in [0.15, 0.2) is 188 Å². The molecule has 6 heteroatoms. The fourth-order valence-corrected chi connectivity index (χ4v) is 10.7. The first-order valence-electron chi connectivity index (χ1n) is 20.6. The Kier molecular flexibility index (Phi) is 6.42. The molecule has 0 saturated carbocycles. The fraction of sp³-hybridized carbons (Fsp3) is 0. The Balaban J connectivity index is 1.10. The predicted octanol–water partition coefficient (Wildman–Crippen LogP) is 9.80. The van der Waals surface area contributed by atoms with Gasteiger partial charge in [0.1, 0.15) is 23.0 Å². The van der Waals surface area contributed by atoms with Gasteiger partial charge in [-0.25, -0.2) is 0 Å². The minimum absolute atomic E-state index is 0.130. The highest BCUT2D eigenvalue weighted by atomic mass is 16.5. The lowest BCUT2D eigenvalue weighted by Crippen LogP contribution is -2.67. The second-order valence-electron chi connectivity index (χ2n) is 16.3. The third kappa shape index (κ3) is 4.32. The van der Waals surface area contributed by atoms with E-state index < -0.39 is 0 Å². The van der Waals surface area contributed by atoms with Crippen LogP contribution in [-0.2, 0) is 0 Å². The third-order valence-electron chi connectivity index (χ3n) is 13.1. The highest BCUT2D eigenvalue weighted by Crippen LogP contribution is 2.55. The molecule has 0 amide bonds. The van der Waals surface area contributed by atoms with Gasteiger partial charge in [0.05, 0.1) is 11.4 Å². The van der Waals surface area contributed by atoms with E-state index in [1.54, 1.807) is 0 Å². The summed E-state index contributed by atoms with van der Waals surface area (Å²) in [6.45, 7) is -0.260. The number of ether oxygens (including phenoxy) is 3. The highest BCUT2D eigenvalue weighted by Gasteiger charge is 2.53. The summed E-state index contributed by atoms with van der Waals surface area (Å²) in [5.41, 5.74) is 19.3. The predicted molar refractivity (Wildman–Crippen MR) is 245 cm³/mol. The molecule has 0 unspecified atom stereocenters. The summed E-state index contributed by atoms with van der Waals surface area (Å²) >= 11 is 0. The van der Waals surface area contributed by atoms with Crippen LogP contribution in [0.1, 0.15) is 0 Å². The number of hydrogen-bond donors (Lipinski definition) is 0. The van der Waals surface area contributed by atoms with Crippen molar-refractivity contribution in [1.29, 1.82) is 0 Å². The van der Waals surface area contributed by atoms with Gasteiger partial charge in [-0.2, -0.15) is 0 Å². The Morgan fingerprint density at radius 1 is 0.300 bits per heavy atom. The first kappa shape index (κ1) is 32.3. The molecule has 0 atom stereocenters. The van der Waals surface area contributed by atoms with E-state index in [-0.39, 0.29) is 13.4 Å². The van der Waals surface area contributed by atoms with Gasteiger partial charge in [-0.05, 0) is 90.4 Å². The number of benzene rings is 9. The van der Waals surface area contributed by atoms with E-state index in [0.717, 1.165) is 118 Å². The van der Waals surface area contributed by atoms with Crippen molar-refractivity contribution >= 4 is 63.3 Å². The molecule has 276 valence electrons. The normalized spacial score (nSPS) is 13.6. The molecule has 14 rings (SSSR count). The van der Waals surface area contributed by atoms with Gasteiger partial charge >= 0.3 is 0 Å². The van der Waals surface area contributed by atoms with E-state index in [0.29, 0.717) is 0 Å². The minimum Gasteiger partial charge on any atom is -0.458 e. The molecule has 0 saturated heterocycles. The van der Waals surface area contributed by atoms with E-state index in [2.05, 4.69) is 193 Å². The minimum atomic E-state index is -0.130. The van der Waals surface area contributed by atoms with Crippen LogP contribution in [0.4, 0.5) is 17.1 Å². The molecule has 0 radical (unpaired) electrons. The number of rotatable bonds is 4. The smallest absolute Gasteiger partial charge is 0.256 e. The van der Waals surface area contributed by atoms with Crippen molar-refractivity contribution in [2.24, 2.45) is 0 Å². The van der Waals surface area contributed by atoms with Crippen molar-refractivity contribution in [2.45, 2.75) is 0 Å². The Labute approximate surface area is 348 Å². The van der Waals surface area contributed by atoms with E-state index >= 15 is 0 Å². The Hall–Kier alpha value is -7.69. The molecule has 5 aliphatic heterocycles. The Morgan fingerprint density at radius 2 is 0.717 bits per heavy atom. The molecule has 5 heterocycles. The van der Waals surface area contributed by atoms with E-state index in [1.165, 1.54) is 10.9 Å². The van der Waals surface area contributed by atoms with Crippen LogP contribution >= 0.6 is 0 Å². The quantitative estimate of drug-likeness (QED) is 0.167. The number of hydrogen-bond acceptors (Lipinski definition) is 4. The summed E-state index contributed by atoms with van der Waals surface area (Å²) in [4.78, 5) is 2.48. The molecule has 0 bridgehead atoms. The molecular weight excluding hydrogens is 732 g/mol. The van der Waals surface area contributed by atoms with E-state index in [4.69, 9.17) is 14.2 Å². The first-order chi connectivity index (χ1) is 29.8. The van der Waals surface area contributed by atoms with Gasteiger partial charge < -0.3 is 19.1 Å². The molecule has 0 aliphatic carbocycles. The van der Waals surface area contributed by atoms with Gasteiger partial charge in [-0.15, -0.1) is 0 Å². The molecule has 0 N–H and O–H groups in total. The second kappa shape index (κ2) is 11.9. The summed E-state index contributed by atoms with van der Waals surface area (Å²) in [6.07, 6.45) is 0. The zero-order chi connectivity index (χ0) is 39.1. The molecule has 60 heavy (non-hydrogen) atoms. The number of anilines is 3. The van der Waals surface area contributed by atoms with Crippen molar-refractivity contribution in [3.05, 3.63) is 188 Å². The zero-order valence-electron chi connectivity index (χ0n) is 32.2. The average Bonchev–Trinajstić information content (AvgIpc) is 3.31. The summed E-state index contributed by atoms with van der Waals surface area (Å²) in [7, 11) is 0. The second-order valence-corrected chi connectivity index (χ2v) is 16.3. The largest absolute Gasteiger partial charge is 0.458 e. The van der Waals surface area contributed by atoms with Crippen LogP contribution in [0.2, 0.25) is 0 Å². The fourth-order valence-electron chi connectivity index (χ4n) is 10.7. The third-order valence-corrected chi connectivity index (χ3v) is 13.1. The van der Waals surface area contributed by atoms with Gasteiger partial charge in [-0.3, -0.25) is 0 Å². The van der Waals surface area contributed by atoms with Crippen LogP contribution in [0.5, 0.6) is 34.5 Å². The Bertz CT molecular complexity index is 3080. The number of nitrogens with zero attached hydrogens (tertiary/aromatic N) is 1. The molecule has 5 aliphatic rings. The summed E-state index contributed by atoms with van der Waals surface area (Å²) in [5, 5.41) is 0.